The highest BCUT2D eigenvalue weighted by atomic mass is 19.4. The molecule has 1 aromatic carbocycles. The topological polar surface area (TPSA) is 53.9 Å². The lowest BCUT2D eigenvalue weighted by Crippen LogP contribution is -3.11. The molecule has 5 nitrogen and oxygen atoms in total. The number of likely N-dealkylation sites (N-methyl/N-ethyl adjacent to an activating group) is 2. The van der Waals surface area contributed by atoms with E-state index in [2.05, 4.69) is 5.32 Å². The number of halogens is 3. The minimum atomic E-state index is -4.41. The SMILES string of the molecule is CCN(CC)C(=O)C[NH+](C)CC(=O)Nc1ccc(C(F)(F)F)cc1. The molecule has 0 aliphatic heterocycles. The van der Waals surface area contributed by atoms with Gasteiger partial charge in [0.2, 0.25) is 0 Å². The maximum absolute atomic E-state index is 12.5. The van der Waals surface area contributed by atoms with Gasteiger partial charge < -0.3 is 15.1 Å². The average molecular weight is 346 g/mol. The van der Waals surface area contributed by atoms with Crippen molar-refractivity contribution in [2.45, 2.75) is 20.0 Å². The summed E-state index contributed by atoms with van der Waals surface area (Å²) in [7, 11) is 1.72. The van der Waals surface area contributed by atoms with Crippen molar-refractivity contribution in [3.05, 3.63) is 29.8 Å². The maximum atomic E-state index is 12.5. The number of alkyl halides is 3. The molecule has 0 saturated carbocycles. The van der Waals surface area contributed by atoms with E-state index < -0.39 is 11.7 Å². The predicted molar refractivity (Wildman–Crippen MR) is 84.6 cm³/mol. The smallest absolute Gasteiger partial charge is 0.338 e. The number of hydrogen-bond donors (Lipinski definition) is 2. The molecule has 0 heterocycles. The van der Waals surface area contributed by atoms with Gasteiger partial charge in [-0.25, -0.2) is 0 Å². The van der Waals surface area contributed by atoms with Crippen molar-refractivity contribution in [1.29, 1.82) is 0 Å². The van der Waals surface area contributed by atoms with E-state index in [4.69, 9.17) is 0 Å². The molecular weight excluding hydrogens is 323 g/mol. The number of carbonyl (C=O) groups is 2. The second-order valence-electron chi connectivity index (χ2n) is 5.50. The van der Waals surface area contributed by atoms with E-state index in [0.717, 1.165) is 12.1 Å². The molecule has 2 N–H and O–H groups in total. The lowest BCUT2D eigenvalue weighted by Gasteiger charge is -2.20. The zero-order chi connectivity index (χ0) is 18.3. The van der Waals surface area contributed by atoms with Crippen molar-refractivity contribution < 1.29 is 27.7 Å². The number of anilines is 1. The third-order valence-electron chi connectivity index (χ3n) is 3.53. The van der Waals surface area contributed by atoms with Crippen molar-refractivity contribution in [3.63, 3.8) is 0 Å². The van der Waals surface area contributed by atoms with Crippen molar-refractivity contribution in [3.8, 4) is 0 Å². The normalized spacial score (nSPS) is 12.6. The van der Waals surface area contributed by atoms with Crippen LogP contribution in [0.5, 0.6) is 0 Å². The summed E-state index contributed by atoms with van der Waals surface area (Å²) in [6.45, 7) is 5.22. The van der Waals surface area contributed by atoms with E-state index in [-0.39, 0.29) is 30.6 Å². The summed E-state index contributed by atoms with van der Waals surface area (Å²) in [6.07, 6.45) is -4.41. The molecule has 0 aromatic heterocycles. The van der Waals surface area contributed by atoms with Crippen LogP contribution in [0.25, 0.3) is 0 Å². The Bertz CT molecular complexity index is 555. The minimum absolute atomic E-state index is 0.0418. The van der Waals surface area contributed by atoms with Gasteiger partial charge in [-0.3, -0.25) is 9.59 Å². The summed E-state index contributed by atoms with van der Waals surface area (Å²) >= 11 is 0. The van der Waals surface area contributed by atoms with E-state index in [1.165, 1.54) is 12.1 Å². The molecule has 134 valence electrons. The van der Waals surface area contributed by atoms with Crippen molar-refractivity contribution in [2.24, 2.45) is 0 Å². The van der Waals surface area contributed by atoms with E-state index in [0.29, 0.717) is 18.0 Å². The summed E-state index contributed by atoms with van der Waals surface area (Å²) < 4.78 is 37.4. The standard InChI is InChI=1S/C16H22F3N3O2/c1-4-22(5-2)15(24)11-21(3)10-14(23)20-13-8-6-12(7-9-13)16(17,18)19/h6-9H,4-5,10-11H2,1-3H3,(H,20,23)/p+1. The molecule has 24 heavy (non-hydrogen) atoms. The van der Waals surface area contributed by atoms with Gasteiger partial charge in [0.1, 0.15) is 0 Å². The first kappa shape index (κ1) is 20.0. The molecule has 0 aliphatic carbocycles. The molecule has 0 fully saturated rings. The van der Waals surface area contributed by atoms with E-state index >= 15 is 0 Å². The Morgan fingerprint density at radius 1 is 1.08 bits per heavy atom. The molecule has 1 atom stereocenters. The monoisotopic (exact) mass is 346 g/mol. The Kier molecular flexibility index (Phi) is 7.21. The first-order valence-corrected chi connectivity index (χ1v) is 7.73. The van der Waals surface area contributed by atoms with Crippen LogP contribution in [-0.2, 0) is 15.8 Å². The molecule has 2 amide bonds. The van der Waals surface area contributed by atoms with Crippen LogP contribution in [0, 0.1) is 0 Å². The van der Waals surface area contributed by atoms with Crippen LogP contribution in [0.15, 0.2) is 24.3 Å². The lowest BCUT2D eigenvalue weighted by atomic mass is 10.2. The highest BCUT2D eigenvalue weighted by molar-refractivity contribution is 5.91. The van der Waals surface area contributed by atoms with Crippen LogP contribution in [0.3, 0.4) is 0 Å². The van der Waals surface area contributed by atoms with Crippen LogP contribution < -0.4 is 10.2 Å². The highest BCUT2D eigenvalue weighted by Gasteiger charge is 2.30. The Balaban J connectivity index is 2.52. The van der Waals surface area contributed by atoms with Gasteiger partial charge in [-0.15, -0.1) is 0 Å². The lowest BCUT2D eigenvalue weighted by molar-refractivity contribution is -0.862. The third-order valence-corrected chi connectivity index (χ3v) is 3.53. The number of benzene rings is 1. The summed E-state index contributed by atoms with van der Waals surface area (Å²) in [6, 6.07) is 4.24. The zero-order valence-electron chi connectivity index (χ0n) is 14.0. The number of hydrogen-bond acceptors (Lipinski definition) is 2. The molecule has 1 rings (SSSR count). The average Bonchev–Trinajstić information content (AvgIpc) is 2.47. The molecule has 1 aromatic rings. The number of nitrogens with one attached hydrogen (secondary N) is 2. The minimum Gasteiger partial charge on any atom is -0.338 e. The van der Waals surface area contributed by atoms with Crippen molar-refractivity contribution >= 4 is 17.5 Å². The first-order valence-electron chi connectivity index (χ1n) is 7.73. The zero-order valence-corrected chi connectivity index (χ0v) is 14.0. The Hall–Kier alpha value is -2.09. The van der Waals surface area contributed by atoms with Gasteiger partial charge in [-0.2, -0.15) is 13.2 Å². The van der Waals surface area contributed by atoms with Gasteiger partial charge in [-0.05, 0) is 38.1 Å². The van der Waals surface area contributed by atoms with Crippen LogP contribution in [0.1, 0.15) is 19.4 Å². The van der Waals surface area contributed by atoms with E-state index in [1.54, 1.807) is 11.9 Å². The van der Waals surface area contributed by atoms with Crippen LogP contribution in [0.2, 0.25) is 0 Å². The second kappa shape index (κ2) is 8.68. The maximum Gasteiger partial charge on any atom is 0.416 e. The van der Waals surface area contributed by atoms with Gasteiger partial charge in [0.15, 0.2) is 13.1 Å². The van der Waals surface area contributed by atoms with Crippen molar-refractivity contribution in [2.75, 3.05) is 38.5 Å². The highest BCUT2D eigenvalue weighted by Crippen LogP contribution is 2.29. The fourth-order valence-corrected chi connectivity index (χ4v) is 2.23. The van der Waals surface area contributed by atoms with Crippen molar-refractivity contribution in [1.82, 2.24) is 4.90 Å². The molecule has 0 aliphatic rings. The van der Waals surface area contributed by atoms with E-state index in [1.807, 2.05) is 13.8 Å². The van der Waals surface area contributed by atoms with Crippen LogP contribution in [-0.4, -0.2) is 49.9 Å². The summed E-state index contributed by atoms with van der Waals surface area (Å²) in [4.78, 5) is 26.3. The Morgan fingerprint density at radius 3 is 2.08 bits per heavy atom. The summed E-state index contributed by atoms with van der Waals surface area (Å²) in [5, 5.41) is 2.53. The number of rotatable bonds is 7. The van der Waals surface area contributed by atoms with Gasteiger partial charge in [0.25, 0.3) is 11.8 Å². The molecule has 0 saturated heterocycles. The third kappa shape index (κ3) is 6.19. The second-order valence-corrected chi connectivity index (χ2v) is 5.50. The molecular formula is C16H23F3N3O2+. The fourth-order valence-electron chi connectivity index (χ4n) is 2.23. The quantitative estimate of drug-likeness (QED) is 0.775. The van der Waals surface area contributed by atoms with Crippen LogP contribution in [0.4, 0.5) is 18.9 Å². The molecule has 0 radical (unpaired) electrons. The summed E-state index contributed by atoms with van der Waals surface area (Å²) in [5.41, 5.74) is -0.482. The predicted octanol–water partition coefficient (Wildman–Crippen LogP) is 1.03. The number of nitrogens with zero attached hydrogens (tertiary/aromatic N) is 1. The number of quaternary nitrogens is 1. The molecule has 0 spiro atoms. The molecule has 8 heteroatoms. The van der Waals surface area contributed by atoms with Gasteiger partial charge in [0.05, 0.1) is 12.6 Å². The Morgan fingerprint density at radius 2 is 1.62 bits per heavy atom. The van der Waals surface area contributed by atoms with Gasteiger partial charge in [-0.1, -0.05) is 0 Å². The molecule has 0 bridgehead atoms. The van der Waals surface area contributed by atoms with E-state index in [9.17, 15) is 22.8 Å². The first-order chi connectivity index (χ1) is 11.2. The Labute approximate surface area is 139 Å². The number of carbonyl (C=O) groups excluding carboxylic acids is 2. The molecule has 1 unspecified atom stereocenters. The van der Waals surface area contributed by atoms with Gasteiger partial charge in [0, 0.05) is 18.8 Å². The van der Waals surface area contributed by atoms with Crippen LogP contribution >= 0.6 is 0 Å². The largest absolute Gasteiger partial charge is 0.416 e. The number of amides is 2. The van der Waals surface area contributed by atoms with Gasteiger partial charge >= 0.3 is 6.18 Å². The summed E-state index contributed by atoms with van der Waals surface area (Å²) in [5.74, 6) is -0.403. The fraction of sp³-hybridized carbons (Fsp3) is 0.500.